The molecule has 0 amide bonds. The number of benzene rings is 1. The third kappa shape index (κ3) is 6.93. The second-order valence-electron chi connectivity index (χ2n) is 10.6. The Morgan fingerprint density at radius 3 is 2.43 bits per heavy atom. The standard InChI is InChI=1S/C26H33ClN2O5Si/c1-26(2,3)34-25(31)17-8-10-21(32-4)19(14-17)23(30)20-15-29(16-33-12-13-35(5,6)7)24-18(20)9-11-22(27)28-24/h8-11,14-15H,12-13,16H2,1-7H3. The molecular formula is C26H33ClN2O5Si. The summed E-state index contributed by atoms with van der Waals surface area (Å²) < 4.78 is 18.6. The molecule has 0 aliphatic heterocycles. The van der Waals surface area contributed by atoms with Crippen LogP contribution < -0.4 is 4.74 Å². The van der Waals surface area contributed by atoms with Crippen molar-refractivity contribution in [3.8, 4) is 5.75 Å². The molecule has 7 nitrogen and oxygen atoms in total. The maximum absolute atomic E-state index is 13.7. The van der Waals surface area contributed by atoms with Crippen LogP contribution >= 0.6 is 11.6 Å². The number of carbonyl (C=O) groups excluding carboxylic acids is 2. The lowest BCUT2D eigenvalue weighted by molar-refractivity contribution is 0.00694. The van der Waals surface area contributed by atoms with Crippen LogP contribution in [0.1, 0.15) is 47.1 Å². The highest BCUT2D eigenvalue weighted by molar-refractivity contribution is 6.76. The Kier molecular flexibility index (Phi) is 8.09. The molecule has 0 N–H and O–H groups in total. The third-order valence-electron chi connectivity index (χ3n) is 5.24. The fourth-order valence-corrected chi connectivity index (χ4v) is 4.36. The molecule has 3 aromatic rings. The molecule has 0 saturated carbocycles. The molecule has 1 aromatic carbocycles. The van der Waals surface area contributed by atoms with Crippen molar-refractivity contribution in [2.75, 3.05) is 13.7 Å². The summed E-state index contributed by atoms with van der Waals surface area (Å²) in [5.41, 5.74) is 0.830. The number of rotatable bonds is 9. The van der Waals surface area contributed by atoms with Crippen molar-refractivity contribution in [1.29, 1.82) is 0 Å². The molecule has 2 aromatic heterocycles. The van der Waals surface area contributed by atoms with Crippen LogP contribution in [0.15, 0.2) is 36.5 Å². The summed E-state index contributed by atoms with van der Waals surface area (Å²) in [5.74, 6) is -0.459. The monoisotopic (exact) mass is 516 g/mol. The van der Waals surface area contributed by atoms with Gasteiger partial charge in [-0.15, -0.1) is 0 Å². The zero-order chi connectivity index (χ0) is 26.0. The van der Waals surface area contributed by atoms with Crippen molar-refractivity contribution in [1.82, 2.24) is 9.55 Å². The number of fused-ring (bicyclic) bond motifs is 1. The number of carbonyl (C=O) groups is 2. The van der Waals surface area contributed by atoms with Gasteiger partial charge in [0.1, 0.15) is 28.9 Å². The molecule has 35 heavy (non-hydrogen) atoms. The van der Waals surface area contributed by atoms with E-state index in [1.54, 1.807) is 55.8 Å². The second kappa shape index (κ2) is 10.5. The van der Waals surface area contributed by atoms with Crippen LogP contribution in [0.25, 0.3) is 11.0 Å². The van der Waals surface area contributed by atoms with Gasteiger partial charge in [-0.1, -0.05) is 31.2 Å². The Morgan fingerprint density at radius 1 is 1.09 bits per heavy atom. The van der Waals surface area contributed by atoms with E-state index in [4.69, 9.17) is 25.8 Å². The van der Waals surface area contributed by atoms with E-state index in [0.29, 0.717) is 34.1 Å². The second-order valence-corrected chi connectivity index (χ2v) is 16.6. The van der Waals surface area contributed by atoms with E-state index in [-0.39, 0.29) is 23.6 Å². The lowest BCUT2D eigenvalue weighted by Gasteiger charge is -2.20. The molecule has 0 radical (unpaired) electrons. The Hall–Kier alpha value is -2.68. The van der Waals surface area contributed by atoms with E-state index in [2.05, 4.69) is 24.6 Å². The van der Waals surface area contributed by atoms with Crippen molar-refractivity contribution in [2.24, 2.45) is 0 Å². The molecule has 0 spiro atoms. The normalized spacial score (nSPS) is 12.1. The topological polar surface area (TPSA) is 79.7 Å². The van der Waals surface area contributed by atoms with Gasteiger partial charge in [0.25, 0.3) is 0 Å². The zero-order valence-corrected chi connectivity index (χ0v) is 23.2. The van der Waals surface area contributed by atoms with Gasteiger partial charge in [0.05, 0.1) is 18.2 Å². The number of nitrogens with zero attached hydrogens (tertiary/aromatic N) is 2. The molecule has 0 bridgehead atoms. The van der Waals surface area contributed by atoms with Crippen molar-refractivity contribution in [3.63, 3.8) is 0 Å². The minimum Gasteiger partial charge on any atom is -0.496 e. The first-order chi connectivity index (χ1) is 16.3. The summed E-state index contributed by atoms with van der Waals surface area (Å²) in [6.07, 6.45) is 1.71. The number of halogens is 1. The fourth-order valence-electron chi connectivity index (χ4n) is 3.46. The van der Waals surface area contributed by atoms with Gasteiger partial charge in [-0.25, -0.2) is 9.78 Å². The summed E-state index contributed by atoms with van der Waals surface area (Å²) >= 11 is 6.16. The van der Waals surface area contributed by atoms with Gasteiger partial charge < -0.3 is 18.8 Å². The fraction of sp³-hybridized carbons (Fsp3) is 0.423. The molecule has 2 heterocycles. The van der Waals surface area contributed by atoms with E-state index < -0.39 is 19.6 Å². The van der Waals surface area contributed by atoms with Crippen LogP contribution in [0.3, 0.4) is 0 Å². The van der Waals surface area contributed by atoms with Crippen LogP contribution in [0, 0.1) is 0 Å². The van der Waals surface area contributed by atoms with E-state index in [9.17, 15) is 9.59 Å². The van der Waals surface area contributed by atoms with Crippen LogP contribution in [0.5, 0.6) is 5.75 Å². The molecule has 0 atom stereocenters. The van der Waals surface area contributed by atoms with Crippen LogP contribution in [-0.4, -0.2) is 48.7 Å². The highest BCUT2D eigenvalue weighted by atomic mass is 35.5. The number of ether oxygens (including phenoxy) is 3. The predicted octanol–water partition coefficient (Wildman–Crippen LogP) is 6.20. The number of esters is 1. The maximum Gasteiger partial charge on any atom is 0.338 e. The van der Waals surface area contributed by atoms with Crippen LogP contribution in [0.2, 0.25) is 30.8 Å². The molecule has 188 valence electrons. The third-order valence-corrected chi connectivity index (χ3v) is 7.15. The van der Waals surface area contributed by atoms with Crippen LogP contribution in [-0.2, 0) is 16.2 Å². The van der Waals surface area contributed by atoms with E-state index in [1.807, 2.05) is 0 Å². The summed E-state index contributed by atoms with van der Waals surface area (Å²) in [4.78, 5) is 30.8. The first-order valence-electron chi connectivity index (χ1n) is 11.5. The minimum atomic E-state index is -1.23. The van der Waals surface area contributed by atoms with Gasteiger partial charge in [0.15, 0.2) is 5.78 Å². The number of ketones is 1. The molecule has 0 unspecified atom stereocenters. The van der Waals surface area contributed by atoms with Crippen molar-refractivity contribution in [2.45, 2.75) is 58.8 Å². The summed E-state index contributed by atoms with van der Waals surface area (Å²) in [6.45, 7) is 13.1. The number of aromatic nitrogens is 2. The quantitative estimate of drug-likeness (QED) is 0.111. The molecule has 9 heteroatoms. The highest BCUT2D eigenvalue weighted by Gasteiger charge is 2.24. The van der Waals surface area contributed by atoms with Gasteiger partial charge >= 0.3 is 5.97 Å². The van der Waals surface area contributed by atoms with Crippen molar-refractivity contribution in [3.05, 3.63) is 58.4 Å². The minimum absolute atomic E-state index is 0.247. The maximum atomic E-state index is 13.7. The molecule has 3 rings (SSSR count). The molecule has 0 saturated heterocycles. The number of hydrogen-bond acceptors (Lipinski definition) is 6. The summed E-state index contributed by atoms with van der Waals surface area (Å²) in [7, 11) is 0.250. The zero-order valence-electron chi connectivity index (χ0n) is 21.4. The Labute approximate surface area is 212 Å². The van der Waals surface area contributed by atoms with E-state index in [1.165, 1.54) is 13.2 Å². The predicted molar refractivity (Wildman–Crippen MR) is 140 cm³/mol. The van der Waals surface area contributed by atoms with Gasteiger partial charge in [-0.3, -0.25) is 4.79 Å². The van der Waals surface area contributed by atoms with Crippen LogP contribution in [0.4, 0.5) is 0 Å². The molecule has 0 fully saturated rings. The lowest BCUT2D eigenvalue weighted by atomic mass is 10.00. The highest BCUT2D eigenvalue weighted by Crippen LogP contribution is 2.29. The first-order valence-corrected chi connectivity index (χ1v) is 15.6. The molecule has 0 aliphatic carbocycles. The van der Waals surface area contributed by atoms with Gasteiger partial charge in [-0.05, 0) is 57.1 Å². The van der Waals surface area contributed by atoms with Gasteiger partial charge in [0, 0.05) is 31.8 Å². The van der Waals surface area contributed by atoms with Gasteiger partial charge in [-0.2, -0.15) is 0 Å². The SMILES string of the molecule is COc1ccc(C(=O)OC(C)(C)C)cc1C(=O)c1cn(COCC[Si](C)(C)C)c2nc(Cl)ccc12. The first kappa shape index (κ1) is 26.9. The number of pyridine rings is 1. The largest absolute Gasteiger partial charge is 0.496 e. The van der Waals surface area contributed by atoms with E-state index >= 15 is 0 Å². The average Bonchev–Trinajstić information content (AvgIpc) is 3.11. The summed E-state index contributed by atoms with van der Waals surface area (Å²) in [5, 5.41) is 0.959. The lowest BCUT2D eigenvalue weighted by Crippen LogP contribution is -2.24. The molecular weight excluding hydrogens is 484 g/mol. The number of hydrogen-bond donors (Lipinski definition) is 0. The average molecular weight is 517 g/mol. The van der Waals surface area contributed by atoms with Crippen molar-refractivity contribution < 1.29 is 23.8 Å². The molecule has 0 aliphatic rings. The van der Waals surface area contributed by atoms with Crippen molar-refractivity contribution >= 4 is 42.5 Å². The van der Waals surface area contributed by atoms with E-state index in [0.717, 1.165) is 6.04 Å². The van der Waals surface area contributed by atoms with Gasteiger partial charge in [0.2, 0.25) is 0 Å². The summed E-state index contributed by atoms with van der Waals surface area (Å²) in [6, 6.07) is 9.13. The Morgan fingerprint density at radius 2 is 1.80 bits per heavy atom. The number of methoxy groups -OCH3 is 1. The Bertz CT molecular complexity index is 1240. The Balaban J connectivity index is 1.98. The smallest absolute Gasteiger partial charge is 0.338 e.